The molecule has 0 unspecified atom stereocenters. The van der Waals surface area contributed by atoms with Gasteiger partial charge in [-0.3, -0.25) is 14.9 Å². The highest BCUT2D eigenvalue weighted by Gasteiger charge is 2.18. The Balaban J connectivity index is 2.14. The number of nitro benzene ring substituents is 1. The first kappa shape index (κ1) is 16.5. The normalized spacial score (nSPS) is 10.2. The van der Waals surface area contributed by atoms with E-state index in [0.717, 1.165) is 16.8 Å². The summed E-state index contributed by atoms with van der Waals surface area (Å²) in [5.74, 6) is -0.303. The fourth-order valence-electron chi connectivity index (χ4n) is 2.23. The van der Waals surface area contributed by atoms with Gasteiger partial charge in [-0.25, -0.2) is 0 Å². The van der Waals surface area contributed by atoms with Gasteiger partial charge in [0.25, 0.3) is 5.69 Å². The average molecular weight is 313 g/mol. The smallest absolute Gasteiger partial charge is 0.293 e. The number of benzene rings is 2. The fraction of sp³-hybridized carbons (Fsp3) is 0.235. The SMILES string of the molecule is Cc1cc(NC(=O)CN(C)c2ccccc2)c([N+](=O)[O-])cc1C. The van der Waals surface area contributed by atoms with Crippen LogP contribution in [0.3, 0.4) is 0 Å². The molecule has 0 aliphatic carbocycles. The van der Waals surface area contributed by atoms with Crippen molar-refractivity contribution in [1.82, 2.24) is 0 Å². The highest BCUT2D eigenvalue weighted by atomic mass is 16.6. The van der Waals surface area contributed by atoms with Crippen molar-refractivity contribution in [3.8, 4) is 0 Å². The highest BCUT2D eigenvalue weighted by molar-refractivity contribution is 5.96. The summed E-state index contributed by atoms with van der Waals surface area (Å²) in [5.41, 5.74) is 2.74. The molecule has 6 heteroatoms. The van der Waals surface area contributed by atoms with E-state index in [4.69, 9.17) is 0 Å². The van der Waals surface area contributed by atoms with Crippen LogP contribution in [0.25, 0.3) is 0 Å². The summed E-state index contributed by atoms with van der Waals surface area (Å²) in [7, 11) is 1.80. The minimum absolute atomic E-state index is 0.0937. The third kappa shape index (κ3) is 4.06. The second-order valence-electron chi connectivity index (χ2n) is 5.45. The number of rotatable bonds is 5. The second kappa shape index (κ2) is 6.91. The minimum Gasteiger partial charge on any atom is -0.365 e. The first-order valence-corrected chi connectivity index (χ1v) is 7.20. The first-order chi connectivity index (χ1) is 10.9. The number of nitrogens with one attached hydrogen (secondary N) is 1. The molecule has 120 valence electrons. The summed E-state index contributed by atoms with van der Waals surface area (Å²) >= 11 is 0. The van der Waals surface area contributed by atoms with Crippen molar-refractivity contribution in [2.45, 2.75) is 13.8 Å². The molecule has 0 atom stereocenters. The zero-order valence-electron chi connectivity index (χ0n) is 13.4. The van der Waals surface area contributed by atoms with Gasteiger partial charge in [0.1, 0.15) is 5.69 Å². The molecule has 2 rings (SSSR count). The zero-order chi connectivity index (χ0) is 17.0. The summed E-state index contributed by atoms with van der Waals surface area (Å²) in [4.78, 5) is 24.6. The average Bonchev–Trinajstić information content (AvgIpc) is 2.51. The molecular weight excluding hydrogens is 294 g/mol. The monoisotopic (exact) mass is 313 g/mol. The quantitative estimate of drug-likeness (QED) is 0.679. The van der Waals surface area contributed by atoms with Gasteiger partial charge in [0.2, 0.25) is 5.91 Å². The van der Waals surface area contributed by atoms with E-state index in [1.54, 1.807) is 24.9 Å². The van der Waals surface area contributed by atoms with Crippen LogP contribution in [0.4, 0.5) is 17.1 Å². The standard InChI is InChI=1S/C17H19N3O3/c1-12-9-15(16(20(22)23)10-13(12)2)18-17(21)11-19(3)14-7-5-4-6-8-14/h4-10H,11H2,1-3H3,(H,18,21). The van der Waals surface area contributed by atoms with Gasteiger partial charge in [-0.05, 0) is 43.2 Å². The largest absolute Gasteiger partial charge is 0.365 e. The maximum atomic E-state index is 12.2. The van der Waals surface area contributed by atoms with Crippen LogP contribution in [-0.2, 0) is 4.79 Å². The van der Waals surface area contributed by atoms with Crippen LogP contribution >= 0.6 is 0 Å². The third-order valence-corrected chi connectivity index (χ3v) is 3.66. The lowest BCUT2D eigenvalue weighted by atomic mass is 10.1. The van der Waals surface area contributed by atoms with Crippen molar-refractivity contribution in [2.75, 3.05) is 23.8 Å². The lowest BCUT2D eigenvalue weighted by Crippen LogP contribution is -2.30. The number of nitrogens with zero attached hydrogens (tertiary/aromatic N) is 2. The fourth-order valence-corrected chi connectivity index (χ4v) is 2.23. The van der Waals surface area contributed by atoms with Crippen LogP contribution in [-0.4, -0.2) is 24.4 Å². The van der Waals surface area contributed by atoms with E-state index >= 15 is 0 Å². The summed E-state index contributed by atoms with van der Waals surface area (Å²) in [6.07, 6.45) is 0. The Hall–Kier alpha value is -2.89. The Morgan fingerprint density at radius 2 is 1.78 bits per heavy atom. The van der Waals surface area contributed by atoms with Crippen molar-refractivity contribution in [1.29, 1.82) is 0 Å². The molecule has 0 radical (unpaired) electrons. The van der Waals surface area contributed by atoms with Gasteiger partial charge in [0.05, 0.1) is 11.5 Å². The van der Waals surface area contributed by atoms with Crippen LogP contribution in [0, 0.1) is 24.0 Å². The minimum atomic E-state index is -0.483. The first-order valence-electron chi connectivity index (χ1n) is 7.20. The third-order valence-electron chi connectivity index (χ3n) is 3.66. The second-order valence-corrected chi connectivity index (χ2v) is 5.45. The van der Waals surface area contributed by atoms with Gasteiger partial charge in [-0.2, -0.15) is 0 Å². The number of carbonyl (C=O) groups is 1. The molecule has 6 nitrogen and oxygen atoms in total. The van der Waals surface area contributed by atoms with Crippen LogP contribution < -0.4 is 10.2 Å². The molecule has 0 saturated heterocycles. The number of hydrogen-bond acceptors (Lipinski definition) is 4. The van der Waals surface area contributed by atoms with E-state index in [2.05, 4.69) is 5.32 Å². The Morgan fingerprint density at radius 1 is 1.17 bits per heavy atom. The number of para-hydroxylation sites is 1. The van der Waals surface area contributed by atoms with Crippen LogP contribution in [0.15, 0.2) is 42.5 Å². The van der Waals surface area contributed by atoms with Crippen LogP contribution in [0.1, 0.15) is 11.1 Å². The molecule has 0 spiro atoms. The molecule has 0 aliphatic rings. The summed E-state index contributed by atoms with van der Waals surface area (Å²) < 4.78 is 0. The van der Waals surface area contributed by atoms with Crippen molar-refractivity contribution < 1.29 is 9.72 Å². The van der Waals surface area contributed by atoms with Crippen molar-refractivity contribution in [3.63, 3.8) is 0 Å². The molecule has 0 aromatic heterocycles. The Bertz CT molecular complexity index is 729. The Labute approximate surface area is 134 Å². The Morgan fingerprint density at radius 3 is 2.39 bits per heavy atom. The summed E-state index contributed by atoms with van der Waals surface area (Å²) in [6.45, 7) is 3.76. The molecule has 2 aromatic carbocycles. The lowest BCUT2D eigenvalue weighted by molar-refractivity contribution is -0.384. The van der Waals surface area contributed by atoms with Crippen LogP contribution in [0.2, 0.25) is 0 Å². The van der Waals surface area contributed by atoms with E-state index in [1.165, 1.54) is 6.07 Å². The van der Waals surface area contributed by atoms with E-state index in [1.807, 2.05) is 37.3 Å². The highest BCUT2D eigenvalue weighted by Crippen LogP contribution is 2.28. The molecule has 1 N–H and O–H groups in total. The molecule has 0 fully saturated rings. The van der Waals surface area contributed by atoms with E-state index in [0.29, 0.717) is 0 Å². The Kier molecular flexibility index (Phi) is 4.95. The molecule has 0 heterocycles. The van der Waals surface area contributed by atoms with Gasteiger partial charge in [0.15, 0.2) is 0 Å². The molecule has 0 saturated carbocycles. The van der Waals surface area contributed by atoms with Crippen LogP contribution in [0.5, 0.6) is 0 Å². The van der Waals surface area contributed by atoms with E-state index in [-0.39, 0.29) is 23.8 Å². The predicted molar refractivity (Wildman–Crippen MR) is 90.9 cm³/mol. The van der Waals surface area contributed by atoms with Crippen molar-refractivity contribution >= 4 is 23.0 Å². The number of nitro groups is 1. The number of carbonyl (C=O) groups excluding carboxylic acids is 1. The molecule has 0 aliphatic heterocycles. The van der Waals surface area contributed by atoms with Gasteiger partial charge in [-0.15, -0.1) is 0 Å². The number of anilines is 2. The lowest BCUT2D eigenvalue weighted by Gasteiger charge is -2.18. The topological polar surface area (TPSA) is 75.5 Å². The number of aryl methyl sites for hydroxylation is 2. The van der Waals surface area contributed by atoms with Crippen molar-refractivity contribution in [2.24, 2.45) is 0 Å². The van der Waals surface area contributed by atoms with Gasteiger partial charge in [-0.1, -0.05) is 18.2 Å². The van der Waals surface area contributed by atoms with E-state index in [9.17, 15) is 14.9 Å². The molecule has 23 heavy (non-hydrogen) atoms. The zero-order valence-corrected chi connectivity index (χ0v) is 13.4. The van der Waals surface area contributed by atoms with E-state index < -0.39 is 4.92 Å². The molecular formula is C17H19N3O3. The maximum absolute atomic E-state index is 12.2. The number of hydrogen-bond donors (Lipinski definition) is 1. The van der Waals surface area contributed by atoms with Crippen molar-refractivity contribution in [3.05, 3.63) is 63.7 Å². The molecule has 1 amide bonds. The predicted octanol–water partition coefficient (Wildman–Crippen LogP) is 3.29. The molecule has 2 aromatic rings. The summed E-state index contributed by atoms with van der Waals surface area (Å²) in [5, 5.41) is 13.8. The maximum Gasteiger partial charge on any atom is 0.293 e. The summed E-state index contributed by atoms with van der Waals surface area (Å²) in [6, 6.07) is 12.6. The number of likely N-dealkylation sites (N-methyl/N-ethyl adjacent to an activating group) is 1. The van der Waals surface area contributed by atoms with Gasteiger partial charge < -0.3 is 10.2 Å². The molecule has 0 bridgehead atoms. The van der Waals surface area contributed by atoms with Gasteiger partial charge in [0, 0.05) is 18.8 Å². The van der Waals surface area contributed by atoms with Gasteiger partial charge >= 0.3 is 0 Å². The number of amides is 1.